The number of methoxy groups -OCH3 is 1. The van der Waals surface area contributed by atoms with Crippen LogP contribution in [-0.2, 0) is 19.7 Å². The molecule has 1 spiro atoms. The fraction of sp³-hybridized carbons (Fsp3) is 0.550. The summed E-state index contributed by atoms with van der Waals surface area (Å²) < 4.78 is 36.9. The normalized spacial score (nSPS) is 17.2. The fourth-order valence-corrected chi connectivity index (χ4v) is 3.85. The average Bonchev–Trinajstić information content (AvgIpc) is 2.94. The molecule has 2 heterocycles. The Morgan fingerprint density at radius 3 is 2.23 bits per heavy atom. The van der Waals surface area contributed by atoms with E-state index in [2.05, 4.69) is 6.07 Å². The monoisotopic (exact) mass is 445 g/mol. The van der Waals surface area contributed by atoms with E-state index in [1.165, 1.54) is 0 Å². The van der Waals surface area contributed by atoms with Gasteiger partial charge < -0.3 is 24.5 Å². The van der Waals surface area contributed by atoms with Crippen LogP contribution in [0.3, 0.4) is 0 Å². The van der Waals surface area contributed by atoms with Gasteiger partial charge in [-0.25, -0.2) is 9.59 Å². The molecule has 0 saturated carbocycles. The van der Waals surface area contributed by atoms with Gasteiger partial charge >= 0.3 is 18.2 Å². The molecule has 172 valence electrons. The Bertz CT molecular complexity index is 821. The van der Waals surface area contributed by atoms with Gasteiger partial charge in [-0.3, -0.25) is 4.79 Å². The van der Waals surface area contributed by atoms with E-state index in [1.54, 1.807) is 26.1 Å². The van der Waals surface area contributed by atoms with Crippen LogP contribution in [0.1, 0.15) is 18.4 Å². The van der Waals surface area contributed by atoms with E-state index in [-0.39, 0.29) is 11.9 Å². The SMILES string of the molecule is COCCN1C(=O)C2(CCN(C(=O)N(C)C)CC2)c2ccccc21.O=C(O)C(F)(F)F. The number of para-hydroxylation sites is 1. The van der Waals surface area contributed by atoms with Crippen LogP contribution in [0.25, 0.3) is 0 Å². The lowest BCUT2D eigenvalue weighted by atomic mass is 9.73. The molecule has 1 aromatic rings. The summed E-state index contributed by atoms with van der Waals surface area (Å²) in [4.78, 5) is 39.6. The molecular weight excluding hydrogens is 419 g/mol. The van der Waals surface area contributed by atoms with Gasteiger partial charge in [0.2, 0.25) is 5.91 Å². The number of benzene rings is 1. The molecule has 2 aliphatic heterocycles. The number of carbonyl (C=O) groups excluding carboxylic acids is 2. The molecule has 1 saturated heterocycles. The van der Waals surface area contributed by atoms with Crippen LogP contribution in [0.4, 0.5) is 23.7 Å². The summed E-state index contributed by atoms with van der Waals surface area (Å²) in [6.45, 7) is 2.29. The Morgan fingerprint density at radius 1 is 1.19 bits per heavy atom. The van der Waals surface area contributed by atoms with Crippen LogP contribution in [0.5, 0.6) is 0 Å². The highest BCUT2D eigenvalue weighted by Gasteiger charge is 2.52. The van der Waals surface area contributed by atoms with Crippen molar-refractivity contribution >= 4 is 23.6 Å². The summed E-state index contributed by atoms with van der Waals surface area (Å²) in [5.41, 5.74) is 1.60. The van der Waals surface area contributed by atoms with Crippen molar-refractivity contribution in [3.63, 3.8) is 0 Å². The molecule has 0 atom stereocenters. The highest BCUT2D eigenvalue weighted by Crippen LogP contribution is 2.47. The van der Waals surface area contributed by atoms with Crippen LogP contribution in [-0.4, -0.2) is 86.4 Å². The van der Waals surface area contributed by atoms with E-state index >= 15 is 0 Å². The molecule has 8 nitrogen and oxygen atoms in total. The summed E-state index contributed by atoms with van der Waals surface area (Å²) in [5, 5.41) is 7.12. The number of fused-ring (bicyclic) bond motifs is 2. The summed E-state index contributed by atoms with van der Waals surface area (Å²) in [7, 11) is 5.16. The second-order valence-corrected chi connectivity index (χ2v) is 7.52. The van der Waals surface area contributed by atoms with Crippen molar-refractivity contribution < 1.29 is 37.4 Å². The third kappa shape index (κ3) is 5.09. The van der Waals surface area contributed by atoms with Gasteiger partial charge in [-0.1, -0.05) is 18.2 Å². The van der Waals surface area contributed by atoms with Crippen LogP contribution >= 0.6 is 0 Å². The predicted octanol–water partition coefficient (Wildman–Crippen LogP) is 2.33. The molecule has 31 heavy (non-hydrogen) atoms. The van der Waals surface area contributed by atoms with Crippen LogP contribution < -0.4 is 4.90 Å². The number of amides is 3. The minimum absolute atomic E-state index is 0.0137. The zero-order chi connectivity index (χ0) is 23.4. The minimum Gasteiger partial charge on any atom is -0.475 e. The average molecular weight is 445 g/mol. The zero-order valence-electron chi connectivity index (χ0n) is 17.6. The van der Waals surface area contributed by atoms with Crippen molar-refractivity contribution in [3.8, 4) is 0 Å². The number of aliphatic carboxylic acids is 1. The first-order valence-corrected chi connectivity index (χ1v) is 9.62. The van der Waals surface area contributed by atoms with Gasteiger partial charge in [0.1, 0.15) is 0 Å². The first-order valence-electron chi connectivity index (χ1n) is 9.62. The second-order valence-electron chi connectivity index (χ2n) is 7.52. The number of piperidine rings is 1. The Morgan fingerprint density at radius 2 is 1.74 bits per heavy atom. The standard InChI is InChI=1S/C18H25N3O3.C2HF3O2/c1-19(2)17(23)20-10-8-18(9-11-20)14-6-4-5-7-15(14)21(16(18)22)12-13-24-3;3-2(4,5)1(6)7/h4-7H,8-13H2,1-3H3;(H,6,7). The number of nitrogens with zero attached hydrogens (tertiary/aromatic N) is 3. The van der Waals surface area contributed by atoms with Crippen molar-refractivity contribution in [3.05, 3.63) is 29.8 Å². The first-order chi connectivity index (χ1) is 14.5. The number of urea groups is 1. The highest BCUT2D eigenvalue weighted by molar-refractivity contribution is 6.08. The van der Waals surface area contributed by atoms with Gasteiger partial charge in [0, 0.05) is 46.5 Å². The molecule has 2 aliphatic rings. The van der Waals surface area contributed by atoms with E-state index in [9.17, 15) is 22.8 Å². The largest absolute Gasteiger partial charge is 0.490 e. The van der Waals surface area contributed by atoms with E-state index in [1.807, 2.05) is 28.0 Å². The molecule has 0 radical (unpaired) electrons. The summed E-state index contributed by atoms with van der Waals surface area (Å²) in [6, 6.07) is 8.04. The maximum atomic E-state index is 13.2. The summed E-state index contributed by atoms with van der Waals surface area (Å²) in [5.74, 6) is -2.61. The highest BCUT2D eigenvalue weighted by atomic mass is 19.4. The Hall–Kier alpha value is -2.82. The number of carbonyl (C=O) groups is 3. The summed E-state index contributed by atoms with van der Waals surface area (Å²) >= 11 is 0. The number of carboxylic acids is 1. The molecular formula is C20H26F3N3O5. The lowest BCUT2D eigenvalue weighted by Gasteiger charge is -2.39. The van der Waals surface area contributed by atoms with Crippen molar-refractivity contribution in [1.82, 2.24) is 9.80 Å². The number of rotatable bonds is 3. The Kier molecular flexibility index (Phi) is 7.53. The Labute approximate surface area is 178 Å². The lowest BCUT2D eigenvalue weighted by Crippen LogP contribution is -2.52. The fourth-order valence-electron chi connectivity index (χ4n) is 3.85. The van der Waals surface area contributed by atoms with Gasteiger partial charge in [0.05, 0.1) is 12.0 Å². The smallest absolute Gasteiger partial charge is 0.475 e. The first kappa shape index (κ1) is 24.4. The van der Waals surface area contributed by atoms with Crippen LogP contribution in [0.2, 0.25) is 0 Å². The maximum absolute atomic E-state index is 13.2. The van der Waals surface area contributed by atoms with Crippen molar-refractivity contribution in [2.24, 2.45) is 0 Å². The van der Waals surface area contributed by atoms with E-state index in [0.29, 0.717) is 39.1 Å². The maximum Gasteiger partial charge on any atom is 0.490 e. The minimum atomic E-state index is -5.08. The Balaban J connectivity index is 0.000000423. The molecule has 1 aromatic carbocycles. The topological polar surface area (TPSA) is 90.4 Å². The number of likely N-dealkylation sites (tertiary alicyclic amines) is 1. The molecule has 1 N–H and O–H groups in total. The van der Waals surface area contributed by atoms with E-state index < -0.39 is 17.6 Å². The molecule has 0 aliphatic carbocycles. The second kappa shape index (κ2) is 9.54. The van der Waals surface area contributed by atoms with Gasteiger partial charge in [-0.2, -0.15) is 13.2 Å². The number of hydrogen-bond donors (Lipinski definition) is 1. The van der Waals surface area contributed by atoms with Gasteiger partial charge in [0.15, 0.2) is 0 Å². The predicted molar refractivity (Wildman–Crippen MR) is 106 cm³/mol. The zero-order valence-corrected chi connectivity index (χ0v) is 17.6. The van der Waals surface area contributed by atoms with E-state index in [4.69, 9.17) is 14.6 Å². The lowest BCUT2D eigenvalue weighted by molar-refractivity contribution is -0.192. The van der Waals surface area contributed by atoms with Gasteiger partial charge in [-0.15, -0.1) is 0 Å². The third-order valence-corrected chi connectivity index (χ3v) is 5.40. The number of anilines is 1. The number of halogens is 3. The molecule has 0 unspecified atom stereocenters. The van der Waals surface area contributed by atoms with E-state index in [0.717, 1.165) is 11.3 Å². The quantitative estimate of drug-likeness (QED) is 0.771. The van der Waals surface area contributed by atoms with Gasteiger partial charge in [-0.05, 0) is 24.5 Å². The number of ether oxygens (including phenoxy) is 1. The van der Waals surface area contributed by atoms with Gasteiger partial charge in [0.25, 0.3) is 0 Å². The third-order valence-electron chi connectivity index (χ3n) is 5.40. The molecule has 3 amide bonds. The van der Waals surface area contributed by atoms with Crippen LogP contribution in [0, 0.1) is 0 Å². The molecule has 0 bridgehead atoms. The van der Waals surface area contributed by atoms with Crippen molar-refractivity contribution in [2.75, 3.05) is 52.3 Å². The number of carboxylic acid groups (broad SMARTS) is 1. The number of alkyl halides is 3. The van der Waals surface area contributed by atoms with Crippen molar-refractivity contribution in [2.45, 2.75) is 24.4 Å². The molecule has 1 fully saturated rings. The molecule has 0 aromatic heterocycles. The van der Waals surface area contributed by atoms with Crippen molar-refractivity contribution in [1.29, 1.82) is 0 Å². The summed E-state index contributed by atoms with van der Waals surface area (Å²) in [6.07, 6.45) is -3.74. The van der Waals surface area contributed by atoms with Crippen LogP contribution in [0.15, 0.2) is 24.3 Å². The molecule has 3 rings (SSSR count). The molecule has 11 heteroatoms. The number of hydrogen-bond acceptors (Lipinski definition) is 4.